The molecule has 0 aromatic heterocycles. The summed E-state index contributed by atoms with van der Waals surface area (Å²) in [5, 5.41) is 9.62. The second-order valence-electron chi connectivity index (χ2n) is 10.1. The number of allylic oxidation sites excluding steroid dienone is 2. The fourth-order valence-corrected chi connectivity index (χ4v) is 5.47. The molecular weight excluding hydrogens is 474 g/mol. The van der Waals surface area contributed by atoms with Crippen LogP contribution in [0.5, 0.6) is 0 Å². The maximum absolute atomic E-state index is 5.04. The summed E-state index contributed by atoms with van der Waals surface area (Å²) in [6, 6.07) is 38.5. The first-order valence-corrected chi connectivity index (χ1v) is 13.3. The zero-order chi connectivity index (χ0) is 26.3. The molecular formula is C36H27N3. The Morgan fingerprint density at radius 1 is 0.538 bits per heavy atom. The molecule has 6 aromatic carbocycles. The van der Waals surface area contributed by atoms with E-state index >= 15 is 0 Å². The molecule has 6 aromatic rings. The van der Waals surface area contributed by atoms with Gasteiger partial charge in [-0.15, -0.1) is 0 Å². The van der Waals surface area contributed by atoms with E-state index < -0.39 is 0 Å². The van der Waals surface area contributed by atoms with Crippen LogP contribution in [0.15, 0.2) is 136 Å². The van der Waals surface area contributed by atoms with Crippen molar-refractivity contribution in [2.75, 3.05) is 0 Å². The highest BCUT2D eigenvalue weighted by Gasteiger charge is 2.15. The number of benzene rings is 6. The van der Waals surface area contributed by atoms with Crippen molar-refractivity contribution in [3.63, 3.8) is 0 Å². The molecule has 0 aliphatic carbocycles. The zero-order valence-corrected chi connectivity index (χ0v) is 22.0. The topological polar surface area (TPSA) is 37.1 Å². The number of rotatable bonds is 4. The molecule has 0 N–H and O–H groups in total. The normalized spacial score (nSPS) is 14.4. The Balaban J connectivity index is 1.21. The molecule has 3 heteroatoms. The first-order valence-electron chi connectivity index (χ1n) is 13.3. The molecule has 1 heterocycles. The third-order valence-corrected chi connectivity index (χ3v) is 7.56. The largest absolute Gasteiger partial charge is 0.251 e. The summed E-state index contributed by atoms with van der Waals surface area (Å²) < 4.78 is 0. The van der Waals surface area contributed by atoms with Crippen LogP contribution in [-0.2, 0) is 0 Å². The van der Waals surface area contributed by atoms with Crippen LogP contribution in [0.4, 0.5) is 11.4 Å². The standard InChI is InChI=1S/C36H27N3/c1-23(37-35-15-7-13-29-19-25-9-3-5-11-27(25)21-31(29)35)33-17-18-34(39-33)24(2)38-36-16-8-14-30-20-26-10-4-6-12-28(26)22-32(30)36/h3-17,19-22H,18H2,1-2H3. The van der Waals surface area contributed by atoms with E-state index in [1.165, 1.54) is 32.3 Å². The molecule has 0 saturated heterocycles. The fraction of sp³-hybridized carbons (Fsp3) is 0.0833. The lowest BCUT2D eigenvalue weighted by Gasteiger charge is -2.07. The quantitative estimate of drug-likeness (QED) is 0.170. The van der Waals surface area contributed by atoms with E-state index in [1.54, 1.807) is 0 Å². The Hall–Kier alpha value is -4.89. The predicted molar refractivity (Wildman–Crippen MR) is 169 cm³/mol. The molecule has 0 saturated carbocycles. The minimum Gasteiger partial charge on any atom is -0.251 e. The summed E-state index contributed by atoms with van der Waals surface area (Å²) in [5.41, 5.74) is 5.69. The van der Waals surface area contributed by atoms with Crippen molar-refractivity contribution in [2.24, 2.45) is 15.0 Å². The molecule has 0 radical (unpaired) electrons. The van der Waals surface area contributed by atoms with Gasteiger partial charge in [0.2, 0.25) is 0 Å². The van der Waals surface area contributed by atoms with Gasteiger partial charge in [-0.1, -0.05) is 78.9 Å². The van der Waals surface area contributed by atoms with E-state index in [9.17, 15) is 0 Å². The van der Waals surface area contributed by atoms with Gasteiger partial charge in [0.15, 0.2) is 0 Å². The van der Waals surface area contributed by atoms with Gasteiger partial charge in [-0.3, -0.25) is 9.98 Å². The smallest absolute Gasteiger partial charge is 0.0810 e. The molecule has 0 amide bonds. The van der Waals surface area contributed by atoms with Gasteiger partial charge in [0.25, 0.3) is 0 Å². The molecule has 1 aliphatic heterocycles. The molecule has 0 atom stereocenters. The molecule has 39 heavy (non-hydrogen) atoms. The van der Waals surface area contributed by atoms with E-state index in [-0.39, 0.29) is 0 Å². The summed E-state index contributed by atoms with van der Waals surface area (Å²) in [5.74, 6) is 0. The molecule has 7 rings (SSSR count). The molecule has 0 bridgehead atoms. The third kappa shape index (κ3) is 4.32. The van der Waals surface area contributed by atoms with Crippen LogP contribution in [0, 0.1) is 0 Å². The summed E-state index contributed by atoms with van der Waals surface area (Å²) in [4.78, 5) is 15.0. The van der Waals surface area contributed by atoms with Crippen molar-refractivity contribution < 1.29 is 0 Å². The molecule has 3 nitrogen and oxygen atoms in total. The van der Waals surface area contributed by atoms with Gasteiger partial charge < -0.3 is 0 Å². The van der Waals surface area contributed by atoms with Crippen molar-refractivity contribution >= 4 is 71.6 Å². The first-order chi connectivity index (χ1) is 19.1. The lowest BCUT2D eigenvalue weighted by molar-refractivity contribution is 1.43. The number of hydrogen-bond donors (Lipinski definition) is 0. The monoisotopic (exact) mass is 501 g/mol. The summed E-state index contributed by atoms with van der Waals surface area (Å²) in [6.45, 7) is 4.10. The van der Waals surface area contributed by atoms with Gasteiger partial charge in [0.05, 0.1) is 34.2 Å². The Kier molecular flexibility index (Phi) is 5.63. The van der Waals surface area contributed by atoms with Crippen molar-refractivity contribution in [3.05, 3.63) is 121 Å². The van der Waals surface area contributed by atoms with Crippen LogP contribution < -0.4 is 0 Å². The van der Waals surface area contributed by atoms with E-state index in [4.69, 9.17) is 15.0 Å². The van der Waals surface area contributed by atoms with Crippen molar-refractivity contribution in [3.8, 4) is 0 Å². The van der Waals surface area contributed by atoms with Gasteiger partial charge >= 0.3 is 0 Å². The van der Waals surface area contributed by atoms with E-state index in [0.29, 0.717) is 0 Å². The van der Waals surface area contributed by atoms with Crippen LogP contribution >= 0.6 is 0 Å². The predicted octanol–water partition coefficient (Wildman–Crippen LogP) is 9.91. The summed E-state index contributed by atoms with van der Waals surface area (Å²) >= 11 is 0. The van der Waals surface area contributed by atoms with Crippen molar-refractivity contribution in [2.45, 2.75) is 20.3 Å². The third-order valence-electron chi connectivity index (χ3n) is 7.56. The van der Waals surface area contributed by atoms with Crippen LogP contribution in [0.1, 0.15) is 20.3 Å². The lowest BCUT2D eigenvalue weighted by atomic mass is 10.0. The van der Waals surface area contributed by atoms with Crippen LogP contribution in [-0.4, -0.2) is 17.1 Å². The number of hydrogen-bond acceptors (Lipinski definition) is 3. The lowest BCUT2D eigenvalue weighted by Crippen LogP contribution is -2.07. The Morgan fingerprint density at radius 2 is 1.00 bits per heavy atom. The molecule has 186 valence electrons. The van der Waals surface area contributed by atoms with Crippen LogP contribution in [0.25, 0.3) is 43.1 Å². The Labute approximate surface area is 227 Å². The number of nitrogens with zero attached hydrogens (tertiary/aromatic N) is 3. The maximum Gasteiger partial charge on any atom is 0.0810 e. The van der Waals surface area contributed by atoms with Crippen LogP contribution in [0.3, 0.4) is 0 Å². The van der Waals surface area contributed by atoms with Gasteiger partial charge in [0.1, 0.15) is 0 Å². The van der Waals surface area contributed by atoms with Crippen molar-refractivity contribution in [1.29, 1.82) is 0 Å². The van der Waals surface area contributed by atoms with E-state index in [1.807, 2.05) is 6.92 Å². The molecule has 0 unspecified atom stereocenters. The highest BCUT2D eigenvalue weighted by Crippen LogP contribution is 2.32. The van der Waals surface area contributed by atoms with Gasteiger partial charge in [-0.05, 0) is 82.6 Å². The Morgan fingerprint density at radius 3 is 1.54 bits per heavy atom. The van der Waals surface area contributed by atoms with Gasteiger partial charge in [-0.25, -0.2) is 4.99 Å². The highest BCUT2D eigenvalue weighted by atomic mass is 14.9. The summed E-state index contributed by atoms with van der Waals surface area (Å²) in [7, 11) is 0. The van der Waals surface area contributed by atoms with Gasteiger partial charge in [-0.2, -0.15) is 0 Å². The second kappa shape index (κ2) is 9.45. The number of aliphatic imine (C=N–C) groups is 3. The molecule has 0 spiro atoms. The maximum atomic E-state index is 5.04. The average Bonchev–Trinajstić information content (AvgIpc) is 3.47. The SMILES string of the molecule is CC(=Nc1cccc2cc3ccccc3cc12)C1=CCC(C(C)=Nc2cccc3cc4ccccc4cc23)=N1. The average molecular weight is 502 g/mol. The van der Waals surface area contributed by atoms with E-state index in [0.717, 1.165) is 51.4 Å². The highest BCUT2D eigenvalue weighted by molar-refractivity contribution is 6.43. The Bertz CT molecular complexity index is 2060. The van der Waals surface area contributed by atoms with Crippen molar-refractivity contribution in [1.82, 2.24) is 0 Å². The zero-order valence-electron chi connectivity index (χ0n) is 22.0. The van der Waals surface area contributed by atoms with Crippen LogP contribution in [0.2, 0.25) is 0 Å². The van der Waals surface area contributed by atoms with E-state index in [2.05, 4.69) is 122 Å². The minimum absolute atomic E-state index is 0.755. The molecule has 1 aliphatic rings. The number of fused-ring (bicyclic) bond motifs is 4. The minimum atomic E-state index is 0.755. The summed E-state index contributed by atoms with van der Waals surface area (Å²) in [6.07, 6.45) is 2.91. The molecule has 0 fully saturated rings. The van der Waals surface area contributed by atoms with Gasteiger partial charge in [0, 0.05) is 17.2 Å². The first kappa shape index (κ1) is 23.2. The second-order valence-corrected chi connectivity index (χ2v) is 10.1. The fourth-order valence-electron chi connectivity index (χ4n) is 5.47.